The molecule has 7 heteroatoms. The van der Waals surface area contributed by atoms with Gasteiger partial charge in [-0.1, -0.05) is 42.0 Å². The Morgan fingerprint density at radius 1 is 0.970 bits per heavy atom. The van der Waals surface area contributed by atoms with Crippen LogP contribution in [0.5, 0.6) is 0 Å². The Labute approximate surface area is 196 Å². The molecule has 0 spiro atoms. The molecule has 6 nitrogen and oxygen atoms in total. The predicted molar refractivity (Wildman–Crippen MR) is 125 cm³/mol. The van der Waals surface area contributed by atoms with Gasteiger partial charge in [-0.25, -0.2) is 0 Å². The van der Waals surface area contributed by atoms with Crippen LogP contribution in [-0.4, -0.2) is 57.6 Å². The molecule has 5 rings (SSSR count). The van der Waals surface area contributed by atoms with Gasteiger partial charge in [0.25, 0.3) is 0 Å². The van der Waals surface area contributed by atoms with Gasteiger partial charge in [-0.2, -0.15) is 0 Å². The SMILES string of the molecule is Cc1ccc(-c2ccc(Cc3cc(C45OC[C@@](CO)(O4)[C@@H](O)[C@H](O)[C@H]5O)ccc3C)s2)cc1. The van der Waals surface area contributed by atoms with Gasteiger partial charge < -0.3 is 29.9 Å². The van der Waals surface area contributed by atoms with E-state index < -0.39 is 36.3 Å². The normalized spacial score (nSPS) is 31.2. The number of aryl methyl sites for hydroxylation is 2. The molecule has 2 aliphatic rings. The van der Waals surface area contributed by atoms with Crippen molar-refractivity contribution in [1.29, 1.82) is 0 Å². The molecule has 0 radical (unpaired) electrons. The second kappa shape index (κ2) is 8.29. The molecule has 2 aliphatic heterocycles. The van der Waals surface area contributed by atoms with Gasteiger partial charge in [-0.05, 0) is 48.7 Å². The maximum Gasteiger partial charge on any atom is 0.225 e. The minimum atomic E-state index is -1.65. The number of rotatable bonds is 5. The first-order chi connectivity index (χ1) is 15.8. The van der Waals surface area contributed by atoms with E-state index in [4.69, 9.17) is 9.47 Å². The Morgan fingerprint density at radius 2 is 1.73 bits per heavy atom. The average molecular weight is 469 g/mol. The van der Waals surface area contributed by atoms with E-state index in [0.717, 1.165) is 11.1 Å². The Bertz CT molecular complexity index is 1160. The summed E-state index contributed by atoms with van der Waals surface area (Å²) in [5, 5.41) is 41.5. The van der Waals surface area contributed by atoms with Crippen molar-refractivity contribution in [1.82, 2.24) is 0 Å². The number of benzene rings is 2. The van der Waals surface area contributed by atoms with Crippen LogP contribution >= 0.6 is 11.3 Å². The molecule has 174 valence electrons. The Morgan fingerprint density at radius 3 is 2.45 bits per heavy atom. The zero-order valence-electron chi connectivity index (χ0n) is 18.6. The van der Waals surface area contributed by atoms with Crippen LogP contribution in [0, 0.1) is 13.8 Å². The molecule has 2 saturated heterocycles. The lowest BCUT2D eigenvalue weighted by Crippen LogP contribution is -2.65. The summed E-state index contributed by atoms with van der Waals surface area (Å²) in [4.78, 5) is 2.40. The zero-order valence-corrected chi connectivity index (χ0v) is 19.4. The van der Waals surface area contributed by atoms with Crippen molar-refractivity contribution in [3.63, 3.8) is 0 Å². The fraction of sp³-hybridized carbons (Fsp3) is 0.385. The maximum absolute atomic E-state index is 10.8. The van der Waals surface area contributed by atoms with Crippen molar-refractivity contribution < 1.29 is 29.9 Å². The van der Waals surface area contributed by atoms with E-state index in [9.17, 15) is 20.4 Å². The monoisotopic (exact) mass is 468 g/mol. The molecule has 5 atom stereocenters. The van der Waals surface area contributed by atoms with Gasteiger partial charge >= 0.3 is 0 Å². The highest BCUT2D eigenvalue weighted by molar-refractivity contribution is 7.15. The van der Waals surface area contributed by atoms with Crippen LogP contribution in [0.25, 0.3) is 10.4 Å². The fourth-order valence-electron chi connectivity index (χ4n) is 4.69. The molecule has 2 fully saturated rings. The summed E-state index contributed by atoms with van der Waals surface area (Å²) < 4.78 is 11.9. The topological polar surface area (TPSA) is 99.4 Å². The largest absolute Gasteiger partial charge is 0.393 e. The molecule has 3 heterocycles. The standard InChI is InChI=1S/C26H28O6S/c1-15-3-6-17(7-4-15)21-10-9-20(33-21)12-18-11-19(8-5-16(18)2)26-24(30)22(28)23(29)25(13-27,32-26)14-31-26/h3-11,22-24,27-30H,12-14H2,1-2H3/t22-,23-,24+,25+,26?/m0/s1. The van der Waals surface area contributed by atoms with Gasteiger partial charge in [-0.15, -0.1) is 11.3 Å². The van der Waals surface area contributed by atoms with Crippen LogP contribution in [0.4, 0.5) is 0 Å². The number of aliphatic hydroxyl groups excluding tert-OH is 4. The second-order valence-electron chi connectivity index (χ2n) is 9.11. The van der Waals surface area contributed by atoms with Gasteiger partial charge in [0.05, 0.1) is 13.2 Å². The van der Waals surface area contributed by atoms with Crippen molar-refractivity contribution in [2.75, 3.05) is 13.2 Å². The first-order valence-electron chi connectivity index (χ1n) is 11.0. The number of ether oxygens (including phenoxy) is 2. The molecule has 2 bridgehead atoms. The third kappa shape index (κ3) is 3.65. The number of thiophene rings is 1. The number of hydrogen-bond acceptors (Lipinski definition) is 7. The van der Waals surface area contributed by atoms with Crippen molar-refractivity contribution >= 4 is 11.3 Å². The minimum absolute atomic E-state index is 0.132. The van der Waals surface area contributed by atoms with Crippen molar-refractivity contribution in [2.24, 2.45) is 0 Å². The van der Waals surface area contributed by atoms with Gasteiger partial charge in [0.15, 0.2) is 0 Å². The van der Waals surface area contributed by atoms with E-state index in [1.165, 1.54) is 20.9 Å². The van der Waals surface area contributed by atoms with E-state index >= 15 is 0 Å². The molecule has 3 aromatic rings. The minimum Gasteiger partial charge on any atom is -0.393 e. The van der Waals surface area contributed by atoms with Crippen molar-refractivity contribution in [2.45, 2.75) is 50.0 Å². The molecule has 1 unspecified atom stereocenters. The van der Waals surface area contributed by atoms with E-state index in [-0.39, 0.29) is 6.61 Å². The second-order valence-corrected chi connectivity index (χ2v) is 10.3. The fourth-order valence-corrected chi connectivity index (χ4v) is 5.72. The lowest BCUT2D eigenvalue weighted by atomic mass is 9.83. The van der Waals surface area contributed by atoms with Gasteiger partial charge in [0.2, 0.25) is 5.79 Å². The molecule has 0 aliphatic carbocycles. The quantitative estimate of drug-likeness (QED) is 0.460. The lowest BCUT2D eigenvalue weighted by molar-refractivity contribution is -0.329. The summed E-state index contributed by atoms with van der Waals surface area (Å²) in [6.45, 7) is 3.43. The van der Waals surface area contributed by atoms with Gasteiger partial charge in [0, 0.05) is 21.7 Å². The predicted octanol–water partition coefficient (Wildman–Crippen LogP) is 2.65. The smallest absolute Gasteiger partial charge is 0.225 e. The van der Waals surface area contributed by atoms with Crippen LogP contribution in [0.15, 0.2) is 54.6 Å². The molecule has 0 saturated carbocycles. The maximum atomic E-state index is 10.8. The Kier molecular flexibility index (Phi) is 5.69. The molecule has 4 N–H and O–H groups in total. The summed E-state index contributed by atoms with van der Waals surface area (Å²) in [7, 11) is 0. The third-order valence-electron chi connectivity index (χ3n) is 6.84. The average Bonchev–Trinajstić information content (AvgIpc) is 3.44. The van der Waals surface area contributed by atoms with Gasteiger partial charge in [-0.3, -0.25) is 0 Å². The third-order valence-corrected chi connectivity index (χ3v) is 7.98. The number of aliphatic hydroxyl groups is 4. The molecule has 0 amide bonds. The molecule has 1 aromatic heterocycles. The van der Waals surface area contributed by atoms with E-state index in [0.29, 0.717) is 12.0 Å². The highest BCUT2D eigenvalue weighted by Gasteiger charge is 2.67. The van der Waals surface area contributed by atoms with Crippen LogP contribution in [0.1, 0.15) is 27.1 Å². The number of hydrogen-bond donors (Lipinski definition) is 4. The van der Waals surface area contributed by atoms with Crippen LogP contribution in [0.2, 0.25) is 0 Å². The molecule has 33 heavy (non-hydrogen) atoms. The molecular formula is C26H28O6S. The summed E-state index contributed by atoms with van der Waals surface area (Å²) in [6, 6.07) is 18.4. The van der Waals surface area contributed by atoms with E-state index in [2.05, 4.69) is 43.3 Å². The van der Waals surface area contributed by atoms with E-state index in [1.807, 2.05) is 19.1 Å². The van der Waals surface area contributed by atoms with Gasteiger partial charge in [0.1, 0.15) is 23.9 Å². The van der Waals surface area contributed by atoms with Crippen LogP contribution in [-0.2, 0) is 21.7 Å². The zero-order chi connectivity index (χ0) is 23.4. The van der Waals surface area contributed by atoms with E-state index in [1.54, 1.807) is 17.4 Å². The van der Waals surface area contributed by atoms with Crippen LogP contribution in [0.3, 0.4) is 0 Å². The highest BCUT2D eigenvalue weighted by atomic mass is 32.1. The molecule has 2 aromatic carbocycles. The molecular weight excluding hydrogens is 440 g/mol. The summed E-state index contributed by atoms with van der Waals surface area (Å²) in [6.07, 6.45) is -3.77. The van der Waals surface area contributed by atoms with Crippen LogP contribution < -0.4 is 0 Å². The Hall–Kier alpha value is -2.10. The first-order valence-corrected chi connectivity index (χ1v) is 11.8. The summed E-state index contributed by atoms with van der Waals surface area (Å²) >= 11 is 1.74. The first kappa shape index (κ1) is 22.7. The highest BCUT2D eigenvalue weighted by Crippen LogP contribution is 2.49. The lowest BCUT2D eigenvalue weighted by Gasteiger charge is -2.46. The van der Waals surface area contributed by atoms with Crippen molar-refractivity contribution in [3.05, 3.63) is 81.7 Å². The van der Waals surface area contributed by atoms with Crippen molar-refractivity contribution in [3.8, 4) is 10.4 Å². The number of fused-ring (bicyclic) bond motifs is 2. The summed E-state index contributed by atoms with van der Waals surface area (Å²) in [5.41, 5.74) is 3.62. The Balaban J connectivity index is 1.45. The summed E-state index contributed by atoms with van der Waals surface area (Å²) in [5.74, 6) is -1.65.